The van der Waals surface area contributed by atoms with Gasteiger partial charge in [0.05, 0.1) is 11.8 Å². The maximum absolute atomic E-state index is 11.3. The number of aliphatic hydroxyl groups is 1. The minimum absolute atomic E-state index is 0.00277. The quantitative estimate of drug-likeness (QED) is 0.140. The molecule has 0 spiro atoms. The predicted molar refractivity (Wildman–Crippen MR) is 53.1 cm³/mol. The molecule has 1 unspecified atom stereocenters. The highest BCUT2D eigenvalue weighted by Crippen LogP contribution is 2.07. The summed E-state index contributed by atoms with van der Waals surface area (Å²) >= 11 is 0. The van der Waals surface area contributed by atoms with Crippen LogP contribution in [0.15, 0.2) is 24.0 Å². The van der Waals surface area contributed by atoms with Gasteiger partial charge in [0, 0.05) is 0 Å². The number of hydrogen-bond acceptors (Lipinski definition) is 7. The summed E-state index contributed by atoms with van der Waals surface area (Å²) in [5, 5.41) is 8.36. The fraction of sp³-hybridized carbons (Fsp3) is 0.300. The summed E-state index contributed by atoms with van der Waals surface area (Å²) < 4.78 is 13.8. The highest BCUT2D eigenvalue weighted by Gasteiger charge is 2.26. The van der Waals surface area contributed by atoms with E-state index in [0.717, 1.165) is 12.2 Å². The van der Waals surface area contributed by atoms with Crippen molar-refractivity contribution in [2.75, 3.05) is 13.2 Å². The van der Waals surface area contributed by atoms with Crippen LogP contribution in [-0.2, 0) is 23.8 Å². The molecule has 0 aromatic heterocycles. The van der Waals surface area contributed by atoms with Crippen LogP contribution in [0, 0.1) is 0 Å². The standard InChI is InChI=1S/C10H10O7/c11-3-1-2-7(4-12)9(13)15-5-8-6-16-10(14)17-8/h1-4,8,11H,5-6H2/b3-1-,7-2-. The Morgan fingerprint density at radius 3 is 2.88 bits per heavy atom. The third-order valence-corrected chi connectivity index (χ3v) is 1.77. The molecular formula is C10H10O7. The van der Waals surface area contributed by atoms with Crippen LogP contribution in [-0.4, -0.2) is 42.8 Å². The Kier molecular flexibility index (Phi) is 4.74. The summed E-state index contributed by atoms with van der Waals surface area (Å²) in [5.41, 5.74) is -0.263. The average molecular weight is 242 g/mol. The number of rotatable bonds is 5. The second kappa shape index (κ2) is 6.31. The summed E-state index contributed by atoms with van der Waals surface area (Å²) in [4.78, 5) is 32.3. The van der Waals surface area contributed by atoms with Gasteiger partial charge in [-0.05, 0) is 12.2 Å². The molecule has 0 amide bonds. The maximum atomic E-state index is 11.3. The molecule has 1 aliphatic heterocycles. The molecule has 92 valence electrons. The van der Waals surface area contributed by atoms with Gasteiger partial charge in [-0.25, -0.2) is 9.59 Å². The van der Waals surface area contributed by atoms with Gasteiger partial charge in [-0.1, -0.05) is 0 Å². The monoisotopic (exact) mass is 242 g/mol. The van der Waals surface area contributed by atoms with E-state index in [-0.39, 0.29) is 18.8 Å². The topological polar surface area (TPSA) is 99.1 Å². The zero-order valence-electron chi connectivity index (χ0n) is 8.70. The third kappa shape index (κ3) is 3.98. The predicted octanol–water partition coefficient (Wildman–Crippen LogP) is 0.262. The summed E-state index contributed by atoms with van der Waals surface area (Å²) in [6, 6.07) is 0. The van der Waals surface area contributed by atoms with E-state index in [4.69, 9.17) is 9.84 Å². The van der Waals surface area contributed by atoms with Crippen LogP contribution in [0.2, 0.25) is 0 Å². The number of aldehydes is 1. The number of esters is 1. The van der Waals surface area contributed by atoms with Crippen LogP contribution in [0.5, 0.6) is 0 Å². The largest absolute Gasteiger partial charge is 0.516 e. The molecule has 0 bridgehead atoms. The van der Waals surface area contributed by atoms with Crippen molar-refractivity contribution < 1.29 is 33.7 Å². The Labute approximate surface area is 96.3 Å². The van der Waals surface area contributed by atoms with Gasteiger partial charge in [-0.2, -0.15) is 0 Å². The molecule has 1 fully saturated rings. The molecule has 1 heterocycles. The Bertz CT molecular complexity index is 369. The first-order chi connectivity index (χ1) is 8.17. The second-order valence-electron chi connectivity index (χ2n) is 2.98. The first-order valence-electron chi connectivity index (χ1n) is 4.64. The Hall–Kier alpha value is -2.31. The zero-order chi connectivity index (χ0) is 12.7. The van der Waals surface area contributed by atoms with Crippen molar-refractivity contribution in [3.05, 3.63) is 24.0 Å². The highest BCUT2D eigenvalue weighted by molar-refractivity contribution is 6.07. The van der Waals surface area contributed by atoms with Crippen molar-refractivity contribution in [3.8, 4) is 0 Å². The fourth-order valence-corrected chi connectivity index (χ4v) is 1.00. The van der Waals surface area contributed by atoms with Gasteiger partial charge in [-0.3, -0.25) is 4.79 Å². The van der Waals surface area contributed by atoms with E-state index in [2.05, 4.69) is 9.47 Å². The normalized spacial score (nSPS) is 19.9. The number of carbonyl (C=O) groups is 3. The molecule has 0 aliphatic carbocycles. The molecule has 7 nitrogen and oxygen atoms in total. The molecule has 1 rings (SSSR count). The number of cyclic esters (lactones) is 2. The number of allylic oxidation sites excluding steroid dienone is 2. The molecule has 1 atom stereocenters. The maximum Gasteiger partial charge on any atom is 0.508 e. The van der Waals surface area contributed by atoms with Gasteiger partial charge >= 0.3 is 12.1 Å². The molecule has 0 saturated carbocycles. The van der Waals surface area contributed by atoms with Crippen LogP contribution < -0.4 is 0 Å². The van der Waals surface area contributed by atoms with Crippen molar-refractivity contribution in [2.45, 2.75) is 6.10 Å². The molecule has 1 saturated heterocycles. The third-order valence-electron chi connectivity index (χ3n) is 1.77. The smallest absolute Gasteiger partial charge is 0.508 e. The molecule has 1 N–H and O–H groups in total. The number of hydrogen-bond donors (Lipinski definition) is 1. The number of aliphatic hydroxyl groups excluding tert-OH is 1. The molecule has 1 aliphatic rings. The molecular weight excluding hydrogens is 232 g/mol. The van der Waals surface area contributed by atoms with Crippen LogP contribution in [0.4, 0.5) is 4.79 Å². The van der Waals surface area contributed by atoms with Gasteiger partial charge in [0.1, 0.15) is 13.2 Å². The zero-order valence-corrected chi connectivity index (χ0v) is 8.70. The van der Waals surface area contributed by atoms with E-state index in [1.165, 1.54) is 0 Å². The van der Waals surface area contributed by atoms with E-state index < -0.39 is 18.2 Å². The van der Waals surface area contributed by atoms with Crippen LogP contribution in [0.3, 0.4) is 0 Å². The van der Waals surface area contributed by atoms with Crippen molar-refractivity contribution in [3.63, 3.8) is 0 Å². The summed E-state index contributed by atoms with van der Waals surface area (Å²) in [6.45, 7) is -0.193. The number of ether oxygens (including phenoxy) is 3. The summed E-state index contributed by atoms with van der Waals surface area (Å²) in [7, 11) is 0. The molecule has 0 radical (unpaired) electrons. The minimum atomic E-state index is -0.874. The van der Waals surface area contributed by atoms with Crippen LogP contribution >= 0.6 is 0 Å². The van der Waals surface area contributed by atoms with E-state index in [0.29, 0.717) is 12.5 Å². The van der Waals surface area contributed by atoms with E-state index in [1.54, 1.807) is 0 Å². The van der Waals surface area contributed by atoms with Gasteiger partial charge in [-0.15, -0.1) is 0 Å². The van der Waals surface area contributed by atoms with Crippen molar-refractivity contribution in [2.24, 2.45) is 0 Å². The lowest BCUT2D eigenvalue weighted by Crippen LogP contribution is -2.21. The Morgan fingerprint density at radius 2 is 2.35 bits per heavy atom. The van der Waals surface area contributed by atoms with Crippen molar-refractivity contribution in [1.82, 2.24) is 0 Å². The molecule has 17 heavy (non-hydrogen) atoms. The summed E-state index contributed by atoms with van der Waals surface area (Å²) in [5.74, 6) is -0.874. The average Bonchev–Trinajstić information content (AvgIpc) is 2.73. The Balaban J connectivity index is 2.42. The lowest BCUT2D eigenvalue weighted by Gasteiger charge is -2.07. The summed E-state index contributed by atoms with van der Waals surface area (Å²) in [6.07, 6.45) is 1.67. The van der Waals surface area contributed by atoms with Gasteiger partial charge in [0.25, 0.3) is 0 Å². The van der Waals surface area contributed by atoms with Crippen LogP contribution in [0.1, 0.15) is 0 Å². The highest BCUT2D eigenvalue weighted by atomic mass is 16.8. The number of carbonyl (C=O) groups excluding carboxylic acids is 3. The lowest BCUT2D eigenvalue weighted by molar-refractivity contribution is -0.141. The first-order valence-corrected chi connectivity index (χ1v) is 4.64. The van der Waals surface area contributed by atoms with E-state index >= 15 is 0 Å². The van der Waals surface area contributed by atoms with Gasteiger partial charge in [0.15, 0.2) is 12.4 Å². The van der Waals surface area contributed by atoms with E-state index in [9.17, 15) is 14.4 Å². The fourth-order valence-electron chi connectivity index (χ4n) is 1.00. The van der Waals surface area contributed by atoms with E-state index in [1.807, 2.05) is 0 Å². The van der Waals surface area contributed by atoms with Gasteiger partial charge in [0.2, 0.25) is 0 Å². The SMILES string of the molecule is O=C/C(=C/C=C\O)C(=O)OCC1COC(=O)O1. The molecule has 7 heteroatoms. The van der Waals surface area contributed by atoms with Crippen molar-refractivity contribution in [1.29, 1.82) is 0 Å². The Morgan fingerprint density at radius 1 is 1.59 bits per heavy atom. The van der Waals surface area contributed by atoms with Crippen LogP contribution in [0.25, 0.3) is 0 Å². The van der Waals surface area contributed by atoms with Crippen molar-refractivity contribution >= 4 is 18.4 Å². The van der Waals surface area contributed by atoms with Gasteiger partial charge < -0.3 is 19.3 Å². The first kappa shape index (κ1) is 12.8. The minimum Gasteiger partial charge on any atom is -0.516 e. The second-order valence-corrected chi connectivity index (χ2v) is 2.98. The molecule has 0 aromatic rings. The lowest BCUT2D eigenvalue weighted by atomic mass is 10.3. The molecule has 0 aromatic carbocycles.